The predicted octanol–water partition coefficient (Wildman–Crippen LogP) is 3.21. The number of nitrogens with one attached hydrogen (secondary N) is 1. The van der Waals surface area contributed by atoms with Gasteiger partial charge in [-0.3, -0.25) is 9.59 Å². The number of esters is 1. The Morgan fingerprint density at radius 2 is 1.69 bits per heavy atom. The molecule has 1 amide bonds. The fourth-order valence-electron chi connectivity index (χ4n) is 3.75. The van der Waals surface area contributed by atoms with E-state index in [1.807, 2.05) is 0 Å². The van der Waals surface area contributed by atoms with E-state index in [0.717, 1.165) is 0 Å². The summed E-state index contributed by atoms with van der Waals surface area (Å²) >= 11 is 0. The molecule has 2 N–H and O–H groups in total. The van der Waals surface area contributed by atoms with Crippen molar-refractivity contribution in [2.45, 2.75) is 18.8 Å². The van der Waals surface area contributed by atoms with Gasteiger partial charge in [-0.15, -0.1) is 0 Å². The molecule has 0 radical (unpaired) electrons. The number of allylic oxidation sites excluding steroid dienone is 2. The molecule has 1 aromatic rings. The van der Waals surface area contributed by atoms with Crippen LogP contribution in [0.1, 0.15) is 16.8 Å². The number of ether oxygens (including phenoxy) is 1. The number of anilines is 1. The van der Waals surface area contributed by atoms with Crippen LogP contribution in [0.3, 0.4) is 0 Å². The molecule has 1 saturated carbocycles. The van der Waals surface area contributed by atoms with Crippen molar-refractivity contribution >= 4 is 23.5 Å². The normalized spacial score (nSPS) is 25.3. The van der Waals surface area contributed by atoms with Gasteiger partial charge < -0.3 is 15.2 Å². The molecule has 2 bridgehead atoms. The van der Waals surface area contributed by atoms with Gasteiger partial charge in [-0.2, -0.15) is 8.78 Å². The van der Waals surface area contributed by atoms with Gasteiger partial charge in [-0.25, -0.2) is 13.6 Å². The number of carboxylic acid groups (broad SMARTS) is 1. The predicted molar refractivity (Wildman–Crippen MR) is 91.7 cm³/mol. The summed E-state index contributed by atoms with van der Waals surface area (Å²) in [5, 5.41) is 11.5. The minimum Gasteiger partial charge on any atom is -0.478 e. The van der Waals surface area contributed by atoms with Crippen molar-refractivity contribution in [3.8, 4) is 0 Å². The van der Waals surface area contributed by atoms with Crippen LogP contribution in [-0.2, 0) is 14.3 Å². The van der Waals surface area contributed by atoms with Crippen LogP contribution in [0.15, 0.2) is 36.4 Å². The Morgan fingerprint density at radius 3 is 2.24 bits per heavy atom. The van der Waals surface area contributed by atoms with Crippen LogP contribution in [0.4, 0.5) is 23.2 Å². The summed E-state index contributed by atoms with van der Waals surface area (Å²) in [5.41, 5.74) is 0.315. The van der Waals surface area contributed by atoms with Crippen molar-refractivity contribution in [2.24, 2.45) is 23.7 Å². The lowest BCUT2D eigenvalue weighted by Gasteiger charge is -2.26. The van der Waals surface area contributed by atoms with Gasteiger partial charge in [0.25, 0.3) is 0 Å². The molecule has 0 aromatic heterocycles. The summed E-state index contributed by atoms with van der Waals surface area (Å²) in [6.45, 7) is -1.76. The summed E-state index contributed by atoms with van der Waals surface area (Å²) in [7, 11) is 0. The Balaban J connectivity index is 1.69. The van der Waals surface area contributed by atoms with E-state index < -0.39 is 54.6 Å². The quantitative estimate of drug-likeness (QED) is 0.405. The Bertz CT molecular complexity index is 840. The van der Waals surface area contributed by atoms with Gasteiger partial charge in [0.05, 0.1) is 17.4 Å². The van der Waals surface area contributed by atoms with Gasteiger partial charge in [-0.1, -0.05) is 12.2 Å². The molecule has 1 fully saturated rings. The summed E-state index contributed by atoms with van der Waals surface area (Å²) in [5.74, 6) is -9.97. The van der Waals surface area contributed by atoms with Gasteiger partial charge in [0.15, 0.2) is 6.61 Å². The molecule has 4 atom stereocenters. The number of halogens is 4. The first-order valence-corrected chi connectivity index (χ1v) is 8.75. The average Bonchev–Trinajstić information content (AvgIpc) is 3.28. The third-order valence-corrected chi connectivity index (χ3v) is 5.16. The lowest BCUT2D eigenvalue weighted by molar-refractivity contribution is -0.184. The Labute approximate surface area is 162 Å². The second kappa shape index (κ2) is 7.84. The molecular weight excluding hydrogens is 398 g/mol. The van der Waals surface area contributed by atoms with Crippen molar-refractivity contribution in [3.63, 3.8) is 0 Å². The smallest absolute Gasteiger partial charge is 0.340 e. The first kappa shape index (κ1) is 20.8. The Kier molecular flexibility index (Phi) is 5.63. The lowest BCUT2D eigenvalue weighted by atomic mass is 9.82. The molecule has 10 heteroatoms. The van der Waals surface area contributed by atoms with Crippen molar-refractivity contribution in [2.75, 3.05) is 11.9 Å². The molecule has 0 unspecified atom stereocenters. The molecule has 1 aromatic carbocycles. The van der Waals surface area contributed by atoms with E-state index in [-0.39, 0.29) is 11.5 Å². The zero-order valence-electron chi connectivity index (χ0n) is 14.9. The lowest BCUT2D eigenvalue weighted by Crippen LogP contribution is -2.40. The topological polar surface area (TPSA) is 92.7 Å². The van der Waals surface area contributed by atoms with Crippen LogP contribution in [-0.4, -0.2) is 41.9 Å². The molecule has 0 saturated heterocycles. The molecule has 0 spiro atoms. The third-order valence-electron chi connectivity index (χ3n) is 5.16. The number of amides is 1. The first-order chi connectivity index (χ1) is 13.6. The van der Waals surface area contributed by atoms with Crippen LogP contribution in [0.5, 0.6) is 0 Å². The van der Waals surface area contributed by atoms with E-state index in [2.05, 4.69) is 10.1 Å². The first-order valence-electron chi connectivity index (χ1n) is 8.75. The zero-order valence-corrected chi connectivity index (χ0v) is 14.9. The van der Waals surface area contributed by atoms with Crippen LogP contribution >= 0.6 is 0 Å². The molecule has 0 aliphatic heterocycles. The van der Waals surface area contributed by atoms with Gasteiger partial charge in [0, 0.05) is 5.69 Å². The highest BCUT2D eigenvalue weighted by atomic mass is 19.3. The Morgan fingerprint density at radius 1 is 1.10 bits per heavy atom. The largest absolute Gasteiger partial charge is 0.478 e. The van der Waals surface area contributed by atoms with Crippen LogP contribution < -0.4 is 5.32 Å². The fourth-order valence-corrected chi connectivity index (χ4v) is 3.75. The number of hydrogen-bond acceptors (Lipinski definition) is 4. The molecule has 0 heterocycles. The highest BCUT2D eigenvalue weighted by molar-refractivity contribution is 5.97. The maximum atomic E-state index is 13.1. The highest BCUT2D eigenvalue weighted by Gasteiger charge is 2.53. The zero-order chi connectivity index (χ0) is 21.3. The minimum atomic E-state index is -4.47. The summed E-state index contributed by atoms with van der Waals surface area (Å²) in [6.07, 6.45) is -0.0861. The SMILES string of the molecule is O=C(O)c1ccc(NC(=O)[C@H]2[C@@H](C(=O)OCC(F)(F)C(F)F)[C@H]3C=C[C@@H]2C3)cc1. The van der Waals surface area contributed by atoms with E-state index in [9.17, 15) is 31.9 Å². The van der Waals surface area contributed by atoms with Crippen molar-refractivity contribution in [3.05, 3.63) is 42.0 Å². The Hall–Kier alpha value is -2.91. The summed E-state index contributed by atoms with van der Waals surface area (Å²) in [4.78, 5) is 35.9. The highest BCUT2D eigenvalue weighted by Crippen LogP contribution is 2.49. The number of carbonyl (C=O) groups is 3. The number of rotatable bonds is 7. The number of carbonyl (C=O) groups excluding carboxylic acids is 2. The van der Waals surface area contributed by atoms with Crippen LogP contribution in [0.25, 0.3) is 0 Å². The monoisotopic (exact) mass is 415 g/mol. The molecule has 156 valence electrons. The van der Waals surface area contributed by atoms with E-state index in [1.54, 1.807) is 12.2 Å². The van der Waals surface area contributed by atoms with E-state index >= 15 is 0 Å². The van der Waals surface area contributed by atoms with Gasteiger partial charge >= 0.3 is 24.3 Å². The fraction of sp³-hybridized carbons (Fsp3) is 0.421. The number of benzene rings is 1. The minimum absolute atomic E-state index is 0.0206. The van der Waals surface area contributed by atoms with Gasteiger partial charge in [0.2, 0.25) is 5.91 Å². The molecular formula is C19H17F4NO5. The van der Waals surface area contributed by atoms with Crippen LogP contribution in [0, 0.1) is 23.7 Å². The maximum Gasteiger partial charge on any atom is 0.340 e. The number of carboxylic acids is 1. The molecule has 6 nitrogen and oxygen atoms in total. The van der Waals surface area contributed by atoms with E-state index in [1.165, 1.54) is 24.3 Å². The standard InChI is InChI=1S/C19H17F4NO5/c20-18(21)19(22,23)8-29-17(28)14-11-2-1-10(7-11)13(14)15(25)24-12-5-3-9(4-6-12)16(26)27/h1-6,10-11,13-14,18H,7-8H2,(H,24,25)(H,26,27)/t10-,11+,13-,14+/m1/s1. The van der Waals surface area contributed by atoms with Crippen LogP contribution in [0.2, 0.25) is 0 Å². The summed E-state index contributed by atoms with van der Waals surface area (Å²) < 4.78 is 55.1. The number of alkyl halides is 4. The molecule has 3 rings (SSSR count). The number of fused-ring (bicyclic) bond motifs is 2. The van der Waals surface area contributed by atoms with Gasteiger partial charge in [0.1, 0.15) is 0 Å². The van der Waals surface area contributed by atoms with E-state index in [4.69, 9.17) is 5.11 Å². The number of aromatic carboxylic acids is 1. The second-order valence-corrected chi connectivity index (χ2v) is 7.04. The second-order valence-electron chi connectivity index (χ2n) is 7.04. The summed E-state index contributed by atoms with van der Waals surface area (Å²) in [6, 6.07) is 5.33. The van der Waals surface area contributed by atoms with E-state index in [0.29, 0.717) is 12.1 Å². The number of hydrogen-bond donors (Lipinski definition) is 2. The maximum absolute atomic E-state index is 13.1. The molecule has 2 aliphatic carbocycles. The van der Waals surface area contributed by atoms with Crippen molar-refractivity contribution < 1.29 is 41.8 Å². The van der Waals surface area contributed by atoms with Crippen molar-refractivity contribution in [1.29, 1.82) is 0 Å². The molecule has 29 heavy (non-hydrogen) atoms. The molecule has 2 aliphatic rings. The third kappa shape index (κ3) is 4.25. The average molecular weight is 415 g/mol. The van der Waals surface area contributed by atoms with Gasteiger partial charge in [-0.05, 0) is 42.5 Å². The van der Waals surface area contributed by atoms with Crippen molar-refractivity contribution in [1.82, 2.24) is 0 Å².